The average molecular weight is 761 g/mol. The molecule has 2 saturated heterocycles. The van der Waals surface area contributed by atoms with Gasteiger partial charge in [0.1, 0.15) is 29.8 Å². The second kappa shape index (κ2) is 14.1. The first-order chi connectivity index (χ1) is 24.2. The molecular formula is C38H35BrClN3O7. The third-order valence-electron chi connectivity index (χ3n) is 9.87. The molecule has 12 heteroatoms. The van der Waals surface area contributed by atoms with Crippen molar-refractivity contribution in [3.05, 3.63) is 124 Å². The number of anilines is 1. The molecular weight excluding hydrogens is 726 g/mol. The van der Waals surface area contributed by atoms with Gasteiger partial charge in [0.2, 0.25) is 11.8 Å². The molecule has 4 aliphatic heterocycles. The van der Waals surface area contributed by atoms with Gasteiger partial charge in [-0.25, -0.2) is 0 Å². The number of likely N-dealkylation sites (tertiary alicyclic amines) is 1. The number of benzene rings is 3. The monoisotopic (exact) mass is 759 g/mol. The zero-order valence-electron chi connectivity index (χ0n) is 26.9. The molecule has 0 saturated carbocycles. The number of ether oxygens (including phenoxy) is 2. The molecule has 0 aromatic heterocycles. The lowest BCUT2D eigenvalue weighted by molar-refractivity contribution is -0.160. The first-order valence-corrected chi connectivity index (χ1v) is 17.7. The van der Waals surface area contributed by atoms with Gasteiger partial charge in [-0.2, -0.15) is 0 Å². The Labute approximate surface area is 302 Å². The molecule has 2 N–H and O–H groups in total. The van der Waals surface area contributed by atoms with Gasteiger partial charge >= 0.3 is 5.97 Å². The number of allylic oxidation sites excluding steroid dienone is 1. The highest BCUT2D eigenvalue weighted by Gasteiger charge is 2.75. The number of esters is 1. The van der Waals surface area contributed by atoms with Gasteiger partial charge in [0.25, 0.3) is 5.91 Å². The number of halogens is 2. The highest BCUT2D eigenvalue weighted by Crippen LogP contribution is 2.60. The number of rotatable bonds is 5. The zero-order chi connectivity index (χ0) is 35.0. The molecule has 4 aliphatic rings. The third kappa shape index (κ3) is 6.06. The van der Waals surface area contributed by atoms with E-state index < -0.39 is 66.1 Å². The molecule has 50 heavy (non-hydrogen) atoms. The molecule has 10 nitrogen and oxygen atoms in total. The van der Waals surface area contributed by atoms with Crippen LogP contribution in [-0.4, -0.2) is 71.1 Å². The van der Waals surface area contributed by atoms with Crippen LogP contribution in [0.4, 0.5) is 5.69 Å². The van der Waals surface area contributed by atoms with Crippen LogP contribution in [-0.2, 0) is 28.7 Å². The van der Waals surface area contributed by atoms with Crippen molar-refractivity contribution < 1.29 is 33.8 Å². The van der Waals surface area contributed by atoms with Gasteiger partial charge in [-0.15, -0.1) is 0 Å². The van der Waals surface area contributed by atoms with Crippen LogP contribution in [0.2, 0.25) is 5.02 Å². The lowest BCUT2D eigenvalue weighted by atomic mass is 9.74. The number of hydrogen-bond acceptors (Lipinski definition) is 7. The fraction of sp³-hybridized carbons (Fsp3) is 0.316. The van der Waals surface area contributed by atoms with Crippen LogP contribution in [0.15, 0.2) is 108 Å². The molecule has 7 atom stereocenters. The van der Waals surface area contributed by atoms with Gasteiger partial charge < -0.3 is 29.7 Å². The lowest BCUT2D eigenvalue weighted by Gasteiger charge is -2.38. The topological polar surface area (TPSA) is 125 Å². The van der Waals surface area contributed by atoms with Gasteiger partial charge in [-0.05, 0) is 47.9 Å². The van der Waals surface area contributed by atoms with Gasteiger partial charge in [0.05, 0.1) is 25.1 Å². The molecule has 7 rings (SSSR count). The maximum absolute atomic E-state index is 15.2. The molecule has 1 spiro atoms. The number of nitrogens with zero attached hydrogens (tertiary/aromatic N) is 2. The van der Waals surface area contributed by atoms with Crippen molar-refractivity contribution in [1.82, 2.24) is 10.2 Å². The fourth-order valence-corrected chi connectivity index (χ4v) is 8.45. The van der Waals surface area contributed by atoms with Crippen LogP contribution < -0.4 is 10.2 Å². The van der Waals surface area contributed by atoms with Crippen molar-refractivity contribution in [3.63, 3.8) is 0 Å². The summed E-state index contributed by atoms with van der Waals surface area (Å²) in [5.41, 5.74) is 0.240. The molecule has 5 bridgehead atoms. The van der Waals surface area contributed by atoms with E-state index in [0.717, 1.165) is 0 Å². The minimum Gasteiger partial charge on any atom is -0.455 e. The SMILES string of the molecule is O=C1CC/C=C\CN(c2ccc(Cl)cc2)C(=O)[C@H]2N([C@H](CO)c3ccccc3)C(=O)[C@@H]3[C@@H](C(=O)O[C@@H](c4ccccc4)CN1)[C@@H]1O[C@@]32C=C1Br. The number of hydrogen-bond donors (Lipinski definition) is 2. The van der Waals surface area contributed by atoms with E-state index in [0.29, 0.717) is 32.7 Å². The Balaban J connectivity index is 1.38. The number of fused-ring (bicyclic) bond motifs is 2. The Morgan fingerprint density at radius 2 is 1.64 bits per heavy atom. The largest absolute Gasteiger partial charge is 0.455 e. The van der Waals surface area contributed by atoms with Gasteiger partial charge in [0.15, 0.2) is 0 Å². The van der Waals surface area contributed by atoms with E-state index in [4.69, 9.17) is 21.1 Å². The Morgan fingerprint density at radius 3 is 2.34 bits per heavy atom. The average Bonchev–Trinajstić information content (AvgIpc) is 3.72. The second-order valence-electron chi connectivity index (χ2n) is 12.8. The Hall–Kier alpha value is -4.29. The number of nitrogens with one attached hydrogen (secondary N) is 1. The van der Waals surface area contributed by atoms with Crippen LogP contribution in [0.3, 0.4) is 0 Å². The van der Waals surface area contributed by atoms with Crippen molar-refractivity contribution in [3.8, 4) is 0 Å². The van der Waals surface area contributed by atoms with Gasteiger partial charge in [-0.1, -0.05) is 100 Å². The van der Waals surface area contributed by atoms with E-state index in [1.165, 1.54) is 9.80 Å². The summed E-state index contributed by atoms with van der Waals surface area (Å²) < 4.78 is 13.3. The third-order valence-corrected chi connectivity index (χ3v) is 10.8. The van der Waals surface area contributed by atoms with Crippen molar-refractivity contribution in [2.75, 3.05) is 24.6 Å². The van der Waals surface area contributed by atoms with Crippen LogP contribution in [0.1, 0.15) is 36.1 Å². The molecule has 3 aromatic rings. The summed E-state index contributed by atoms with van der Waals surface area (Å²) in [5.74, 6) is -4.18. The normalized spacial score (nSPS) is 29.7. The predicted octanol–water partition coefficient (Wildman–Crippen LogP) is 5.03. The summed E-state index contributed by atoms with van der Waals surface area (Å²) in [6, 6.07) is 22.6. The molecule has 3 aromatic carbocycles. The number of carbonyl (C=O) groups excluding carboxylic acids is 4. The van der Waals surface area contributed by atoms with Crippen LogP contribution in [0, 0.1) is 11.8 Å². The highest BCUT2D eigenvalue weighted by molar-refractivity contribution is 9.11. The summed E-state index contributed by atoms with van der Waals surface area (Å²) in [4.78, 5) is 60.2. The molecule has 0 unspecified atom stereocenters. The van der Waals surface area contributed by atoms with Crippen LogP contribution in [0.5, 0.6) is 0 Å². The Kier molecular flexibility index (Phi) is 9.67. The molecule has 4 heterocycles. The molecule has 2 fully saturated rings. The maximum Gasteiger partial charge on any atom is 0.313 e. The van der Waals surface area contributed by atoms with E-state index in [1.807, 2.05) is 30.3 Å². The van der Waals surface area contributed by atoms with Crippen molar-refractivity contribution >= 4 is 56.9 Å². The Morgan fingerprint density at radius 1 is 0.940 bits per heavy atom. The predicted molar refractivity (Wildman–Crippen MR) is 189 cm³/mol. The standard InChI is InChI=1S/C38H35BrClN3O7/c39-27-20-38-32-31(33(27)50-38)37(48)49-29(24-12-6-2-7-13-24)21-41-30(45)14-8-3-9-19-42(26-17-15-25(40)16-18-26)36(47)34(38)43(35(32)46)28(22-44)23-10-4-1-5-11-23/h1-7,9-13,15-18,20,28-29,31-34,44H,8,14,19,21-22H2,(H,41,45)/b9-3-/t28-,29-,31-,32+,33-,34-,38+/m1/s1. The quantitative estimate of drug-likeness (QED) is 0.276. The van der Waals surface area contributed by atoms with Gasteiger partial charge in [-0.3, -0.25) is 19.2 Å². The number of aliphatic hydroxyl groups is 1. The van der Waals surface area contributed by atoms with Crippen molar-refractivity contribution in [1.29, 1.82) is 0 Å². The van der Waals surface area contributed by atoms with Crippen LogP contribution >= 0.6 is 27.5 Å². The smallest absolute Gasteiger partial charge is 0.313 e. The summed E-state index contributed by atoms with van der Waals surface area (Å²) in [5, 5.41) is 14.2. The zero-order valence-corrected chi connectivity index (χ0v) is 29.2. The van der Waals surface area contributed by atoms with E-state index >= 15 is 4.79 Å². The minimum atomic E-state index is -1.57. The number of cyclic esters (lactones) is 1. The summed E-state index contributed by atoms with van der Waals surface area (Å²) in [6.45, 7) is -0.357. The highest BCUT2D eigenvalue weighted by atomic mass is 79.9. The van der Waals surface area contributed by atoms with Crippen molar-refractivity contribution in [2.45, 2.75) is 42.7 Å². The molecule has 0 radical (unpaired) electrons. The molecule has 3 amide bonds. The summed E-state index contributed by atoms with van der Waals surface area (Å²) >= 11 is 9.82. The Bertz CT molecular complexity index is 1840. The number of amides is 3. The number of aliphatic hydroxyl groups excluding tert-OH is 1. The van der Waals surface area contributed by atoms with Crippen LogP contribution in [0.25, 0.3) is 0 Å². The first kappa shape index (κ1) is 34.2. The molecule has 258 valence electrons. The van der Waals surface area contributed by atoms with E-state index in [-0.39, 0.29) is 25.4 Å². The summed E-state index contributed by atoms with van der Waals surface area (Å²) in [6.07, 6.45) is 4.19. The number of carbonyl (C=O) groups is 4. The summed E-state index contributed by atoms with van der Waals surface area (Å²) in [7, 11) is 0. The van der Waals surface area contributed by atoms with E-state index in [2.05, 4.69) is 21.2 Å². The minimum absolute atomic E-state index is 0.0233. The fourth-order valence-electron chi connectivity index (χ4n) is 7.58. The first-order valence-electron chi connectivity index (χ1n) is 16.5. The lowest BCUT2D eigenvalue weighted by Crippen LogP contribution is -2.57. The van der Waals surface area contributed by atoms with Gasteiger partial charge in [0, 0.05) is 28.2 Å². The van der Waals surface area contributed by atoms with E-state index in [1.54, 1.807) is 72.8 Å². The van der Waals surface area contributed by atoms with E-state index in [9.17, 15) is 19.5 Å². The molecule has 0 aliphatic carbocycles. The second-order valence-corrected chi connectivity index (χ2v) is 14.1. The van der Waals surface area contributed by atoms with Crippen molar-refractivity contribution in [2.24, 2.45) is 11.8 Å². The maximum atomic E-state index is 15.2.